The number of phenols is 1. The molecule has 20 heavy (non-hydrogen) atoms. The van der Waals surface area contributed by atoms with Crippen LogP contribution in [0.25, 0.3) is 10.1 Å². The summed E-state index contributed by atoms with van der Waals surface area (Å²) in [6, 6.07) is 4.98. The molecular formula is C14H14O5S. The molecule has 2 aromatic rings. The Morgan fingerprint density at radius 2 is 1.95 bits per heavy atom. The number of benzene rings is 1. The number of fused-ring (bicyclic) bond motifs is 1. The number of hydrogen-bond acceptors (Lipinski definition) is 6. The highest BCUT2D eigenvalue weighted by molar-refractivity contribution is 7.20. The van der Waals surface area contributed by atoms with Crippen molar-refractivity contribution in [3.05, 3.63) is 23.1 Å². The number of carbonyl (C=O) groups excluding carboxylic acids is 2. The Balaban J connectivity index is 2.23. The summed E-state index contributed by atoms with van der Waals surface area (Å²) in [7, 11) is 2.76. The third-order valence-corrected chi connectivity index (χ3v) is 4.02. The SMILES string of the molecule is COC(=O)CCC(=O)c1cc2cc(OC)c(O)cc2s1. The van der Waals surface area contributed by atoms with E-state index in [2.05, 4.69) is 4.74 Å². The van der Waals surface area contributed by atoms with Gasteiger partial charge in [0.25, 0.3) is 0 Å². The number of aromatic hydroxyl groups is 1. The molecule has 6 heteroatoms. The number of esters is 1. The third-order valence-electron chi connectivity index (χ3n) is 2.88. The molecule has 1 N–H and O–H groups in total. The van der Waals surface area contributed by atoms with Crippen LogP contribution in [0.5, 0.6) is 11.5 Å². The number of hydrogen-bond donors (Lipinski definition) is 1. The molecular weight excluding hydrogens is 280 g/mol. The molecule has 0 aliphatic rings. The van der Waals surface area contributed by atoms with Crippen molar-refractivity contribution in [2.24, 2.45) is 0 Å². The summed E-state index contributed by atoms with van der Waals surface area (Å²) >= 11 is 1.28. The highest BCUT2D eigenvalue weighted by Crippen LogP contribution is 2.36. The van der Waals surface area contributed by atoms with Crippen molar-refractivity contribution in [3.8, 4) is 11.5 Å². The lowest BCUT2D eigenvalue weighted by molar-refractivity contribution is -0.140. The summed E-state index contributed by atoms with van der Waals surface area (Å²) in [6.45, 7) is 0. The van der Waals surface area contributed by atoms with Crippen molar-refractivity contribution in [3.63, 3.8) is 0 Å². The number of carbonyl (C=O) groups is 2. The van der Waals surface area contributed by atoms with E-state index in [0.717, 1.165) is 10.1 Å². The van der Waals surface area contributed by atoms with Gasteiger partial charge in [-0.3, -0.25) is 9.59 Å². The second kappa shape index (κ2) is 5.92. The smallest absolute Gasteiger partial charge is 0.305 e. The first kappa shape index (κ1) is 14.3. The number of thiophene rings is 1. The first-order valence-electron chi connectivity index (χ1n) is 5.95. The number of methoxy groups -OCH3 is 2. The minimum atomic E-state index is -0.404. The van der Waals surface area contributed by atoms with Gasteiger partial charge in [-0.15, -0.1) is 11.3 Å². The van der Waals surface area contributed by atoms with Crippen LogP contribution in [-0.4, -0.2) is 31.1 Å². The minimum Gasteiger partial charge on any atom is -0.504 e. The van der Waals surface area contributed by atoms with Crippen LogP contribution in [0.1, 0.15) is 22.5 Å². The molecule has 106 valence electrons. The van der Waals surface area contributed by atoms with Crippen molar-refractivity contribution >= 4 is 33.2 Å². The summed E-state index contributed by atoms with van der Waals surface area (Å²) in [5, 5.41) is 10.5. The van der Waals surface area contributed by atoms with Gasteiger partial charge < -0.3 is 14.6 Å². The van der Waals surface area contributed by atoms with E-state index in [9.17, 15) is 14.7 Å². The standard InChI is InChI=1S/C14H14O5S/c1-18-11-5-8-6-13(20-12(8)7-10(11)16)9(15)3-4-14(17)19-2/h5-7,16H,3-4H2,1-2H3. The van der Waals surface area contributed by atoms with Gasteiger partial charge in [0, 0.05) is 17.2 Å². The van der Waals surface area contributed by atoms with E-state index in [1.54, 1.807) is 18.2 Å². The van der Waals surface area contributed by atoms with Crippen molar-refractivity contribution < 1.29 is 24.2 Å². The van der Waals surface area contributed by atoms with Crippen molar-refractivity contribution in [2.75, 3.05) is 14.2 Å². The zero-order chi connectivity index (χ0) is 14.7. The highest BCUT2D eigenvalue weighted by atomic mass is 32.1. The molecule has 2 rings (SSSR count). The molecule has 0 radical (unpaired) electrons. The van der Waals surface area contributed by atoms with Gasteiger partial charge in [0.05, 0.1) is 25.5 Å². The van der Waals surface area contributed by atoms with Gasteiger partial charge in [0.15, 0.2) is 17.3 Å². The first-order valence-corrected chi connectivity index (χ1v) is 6.77. The molecule has 1 aromatic heterocycles. The molecule has 0 atom stereocenters. The zero-order valence-corrected chi connectivity index (χ0v) is 12.0. The fourth-order valence-corrected chi connectivity index (χ4v) is 2.84. The van der Waals surface area contributed by atoms with Crippen LogP contribution in [0.4, 0.5) is 0 Å². The molecule has 0 unspecified atom stereocenters. The monoisotopic (exact) mass is 294 g/mol. The number of Topliss-reactive ketones (excluding diaryl/α,β-unsaturated/α-hetero) is 1. The van der Waals surface area contributed by atoms with E-state index in [1.165, 1.54) is 25.6 Å². The fourth-order valence-electron chi connectivity index (χ4n) is 1.80. The number of ketones is 1. The Morgan fingerprint density at radius 3 is 2.60 bits per heavy atom. The second-order valence-corrected chi connectivity index (χ2v) is 5.26. The zero-order valence-electron chi connectivity index (χ0n) is 11.1. The van der Waals surface area contributed by atoms with Crippen molar-refractivity contribution in [2.45, 2.75) is 12.8 Å². The summed E-state index contributed by atoms with van der Waals surface area (Å²) in [5.41, 5.74) is 0. The van der Waals surface area contributed by atoms with Crippen LogP contribution < -0.4 is 4.74 Å². The van der Waals surface area contributed by atoms with Crippen molar-refractivity contribution in [1.29, 1.82) is 0 Å². The lowest BCUT2D eigenvalue weighted by Crippen LogP contribution is -2.04. The second-order valence-electron chi connectivity index (χ2n) is 4.17. The molecule has 5 nitrogen and oxygen atoms in total. The van der Waals surface area contributed by atoms with Crippen LogP contribution in [0.2, 0.25) is 0 Å². The quantitative estimate of drug-likeness (QED) is 0.678. The lowest BCUT2D eigenvalue weighted by atomic mass is 10.1. The van der Waals surface area contributed by atoms with E-state index < -0.39 is 5.97 Å². The maximum Gasteiger partial charge on any atom is 0.305 e. The predicted octanol–water partition coefficient (Wildman–Crippen LogP) is 2.75. The van der Waals surface area contributed by atoms with Gasteiger partial charge in [-0.05, 0) is 17.5 Å². The molecule has 0 aliphatic heterocycles. The van der Waals surface area contributed by atoms with Gasteiger partial charge in [-0.25, -0.2) is 0 Å². The van der Waals surface area contributed by atoms with Crippen LogP contribution in [0.3, 0.4) is 0 Å². The fraction of sp³-hybridized carbons (Fsp3) is 0.286. The maximum absolute atomic E-state index is 12.0. The highest BCUT2D eigenvalue weighted by Gasteiger charge is 2.14. The molecule has 0 fully saturated rings. The Morgan fingerprint density at radius 1 is 1.20 bits per heavy atom. The normalized spacial score (nSPS) is 10.5. The summed E-state index contributed by atoms with van der Waals surface area (Å²) in [4.78, 5) is 23.6. The van der Waals surface area contributed by atoms with Gasteiger partial charge in [-0.2, -0.15) is 0 Å². The first-order chi connectivity index (χ1) is 9.55. The average molecular weight is 294 g/mol. The molecule has 0 bridgehead atoms. The summed E-state index contributed by atoms with van der Waals surface area (Å²) in [5.74, 6) is -0.117. The Hall–Kier alpha value is -2.08. The molecule has 0 spiro atoms. The summed E-state index contributed by atoms with van der Waals surface area (Å²) in [6.07, 6.45) is 0.181. The number of rotatable bonds is 5. The van der Waals surface area contributed by atoms with E-state index in [1.807, 2.05) is 0 Å². The van der Waals surface area contributed by atoms with Gasteiger partial charge >= 0.3 is 5.97 Å². The molecule has 0 saturated carbocycles. The van der Waals surface area contributed by atoms with Crippen LogP contribution in [0.15, 0.2) is 18.2 Å². The maximum atomic E-state index is 12.0. The van der Waals surface area contributed by atoms with Crippen molar-refractivity contribution in [1.82, 2.24) is 0 Å². The third kappa shape index (κ3) is 2.91. The average Bonchev–Trinajstić information content (AvgIpc) is 2.85. The van der Waals surface area contributed by atoms with Gasteiger partial charge in [-0.1, -0.05) is 0 Å². The molecule has 0 amide bonds. The van der Waals surface area contributed by atoms with Gasteiger partial charge in [0.1, 0.15) is 0 Å². The van der Waals surface area contributed by atoms with Crippen LogP contribution in [-0.2, 0) is 9.53 Å². The van der Waals surface area contributed by atoms with E-state index in [-0.39, 0.29) is 24.4 Å². The lowest BCUT2D eigenvalue weighted by Gasteiger charge is -2.01. The van der Waals surface area contributed by atoms with Crippen LogP contribution >= 0.6 is 11.3 Å². The predicted molar refractivity (Wildman–Crippen MR) is 75.6 cm³/mol. The largest absolute Gasteiger partial charge is 0.504 e. The Bertz CT molecular complexity index is 659. The number of ether oxygens (including phenoxy) is 2. The Labute approximate surface area is 119 Å². The Kier molecular flexibility index (Phi) is 4.24. The minimum absolute atomic E-state index is 0.0374. The molecule has 0 saturated heterocycles. The van der Waals surface area contributed by atoms with E-state index in [0.29, 0.717) is 10.6 Å². The molecule has 0 aliphatic carbocycles. The topological polar surface area (TPSA) is 72.8 Å². The number of phenolic OH excluding ortho intramolecular Hbond substituents is 1. The summed E-state index contributed by atoms with van der Waals surface area (Å²) < 4.78 is 10.3. The molecule has 1 heterocycles. The van der Waals surface area contributed by atoms with E-state index in [4.69, 9.17) is 4.74 Å². The van der Waals surface area contributed by atoms with Crippen LogP contribution in [0, 0.1) is 0 Å². The van der Waals surface area contributed by atoms with E-state index >= 15 is 0 Å². The van der Waals surface area contributed by atoms with Gasteiger partial charge in [0.2, 0.25) is 0 Å². The molecule has 1 aromatic carbocycles.